The van der Waals surface area contributed by atoms with E-state index in [4.69, 9.17) is 4.74 Å². The molecule has 6 heteroatoms. The maximum Gasteiger partial charge on any atom is 0.236 e. The molecule has 0 saturated carbocycles. The molecular formula is C23H46N4O2. The van der Waals surface area contributed by atoms with Gasteiger partial charge in [0.05, 0.1) is 12.6 Å². The summed E-state index contributed by atoms with van der Waals surface area (Å²) < 4.78 is 5.82. The van der Waals surface area contributed by atoms with Gasteiger partial charge in [0.25, 0.3) is 0 Å². The minimum absolute atomic E-state index is 0.308. The van der Waals surface area contributed by atoms with E-state index in [9.17, 15) is 4.79 Å². The normalized spacial score (nSPS) is 27.2. The van der Waals surface area contributed by atoms with Crippen LogP contribution in [-0.2, 0) is 9.53 Å². The van der Waals surface area contributed by atoms with Gasteiger partial charge in [-0.15, -0.1) is 0 Å². The molecule has 0 N–H and O–H groups in total. The number of nitrogens with zero attached hydrogens (tertiary/aromatic N) is 4. The molecule has 0 radical (unpaired) electrons. The molecule has 0 bridgehead atoms. The number of carbonyl (C=O) groups is 1. The fourth-order valence-electron chi connectivity index (χ4n) is 4.58. The molecule has 1 amide bonds. The second-order valence-corrected chi connectivity index (χ2v) is 9.25. The van der Waals surface area contributed by atoms with Gasteiger partial charge in [0, 0.05) is 70.5 Å². The Morgan fingerprint density at radius 3 is 2.17 bits per heavy atom. The van der Waals surface area contributed by atoms with E-state index < -0.39 is 0 Å². The van der Waals surface area contributed by atoms with Crippen LogP contribution in [0.2, 0.25) is 0 Å². The molecule has 2 aliphatic heterocycles. The van der Waals surface area contributed by atoms with Gasteiger partial charge in [-0.3, -0.25) is 14.6 Å². The number of piperazine rings is 2. The highest BCUT2D eigenvalue weighted by molar-refractivity contribution is 5.78. The lowest BCUT2D eigenvalue weighted by Crippen LogP contribution is -2.60. The highest BCUT2D eigenvalue weighted by Crippen LogP contribution is 2.17. The third-order valence-corrected chi connectivity index (χ3v) is 6.97. The number of ether oxygens (including phenoxy) is 1. The fourth-order valence-corrected chi connectivity index (χ4v) is 4.58. The third kappa shape index (κ3) is 7.50. The minimum atomic E-state index is 0.308. The van der Waals surface area contributed by atoms with Crippen molar-refractivity contribution in [3.8, 4) is 0 Å². The molecule has 29 heavy (non-hydrogen) atoms. The van der Waals surface area contributed by atoms with Crippen molar-refractivity contribution in [2.75, 3.05) is 59.0 Å². The first-order valence-corrected chi connectivity index (χ1v) is 12.0. The van der Waals surface area contributed by atoms with Gasteiger partial charge in [0.1, 0.15) is 0 Å². The molecule has 0 aromatic rings. The van der Waals surface area contributed by atoms with Crippen molar-refractivity contribution in [1.29, 1.82) is 0 Å². The highest BCUT2D eigenvalue weighted by atomic mass is 16.5. The maximum absolute atomic E-state index is 12.9. The van der Waals surface area contributed by atoms with Crippen LogP contribution in [0.4, 0.5) is 0 Å². The first kappa shape index (κ1) is 24.6. The fraction of sp³-hybridized carbons (Fsp3) is 0.957. The summed E-state index contributed by atoms with van der Waals surface area (Å²) in [5, 5.41) is 0. The van der Waals surface area contributed by atoms with E-state index in [1.54, 1.807) is 0 Å². The van der Waals surface area contributed by atoms with Crippen LogP contribution >= 0.6 is 0 Å². The van der Waals surface area contributed by atoms with Crippen LogP contribution in [0, 0.1) is 0 Å². The van der Waals surface area contributed by atoms with Crippen LogP contribution in [0.1, 0.15) is 60.8 Å². The molecule has 2 saturated heterocycles. The number of hydrogen-bond acceptors (Lipinski definition) is 5. The molecule has 0 aromatic carbocycles. The van der Waals surface area contributed by atoms with Crippen molar-refractivity contribution < 1.29 is 9.53 Å². The minimum Gasteiger partial charge on any atom is -0.378 e. The molecule has 4 atom stereocenters. The van der Waals surface area contributed by atoms with Crippen molar-refractivity contribution in [1.82, 2.24) is 19.6 Å². The molecule has 6 nitrogen and oxygen atoms in total. The lowest BCUT2D eigenvalue weighted by molar-refractivity contribution is -0.136. The third-order valence-electron chi connectivity index (χ3n) is 6.97. The van der Waals surface area contributed by atoms with Gasteiger partial charge in [-0.05, 0) is 47.0 Å². The predicted octanol–water partition coefficient (Wildman–Crippen LogP) is 2.53. The number of amides is 1. The Morgan fingerprint density at radius 2 is 1.62 bits per heavy atom. The van der Waals surface area contributed by atoms with E-state index in [2.05, 4.69) is 61.1 Å². The van der Waals surface area contributed by atoms with E-state index in [1.807, 2.05) is 0 Å². The molecule has 170 valence electrons. The lowest BCUT2D eigenvalue weighted by atomic mass is 10.1. The topological polar surface area (TPSA) is 39.3 Å². The van der Waals surface area contributed by atoms with Crippen molar-refractivity contribution in [2.45, 2.75) is 85.0 Å². The predicted molar refractivity (Wildman–Crippen MR) is 120 cm³/mol. The van der Waals surface area contributed by atoms with Gasteiger partial charge >= 0.3 is 0 Å². The molecule has 2 rings (SSSR count). The average molecular weight is 411 g/mol. The van der Waals surface area contributed by atoms with E-state index in [0.717, 1.165) is 65.3 Å². The summed E-state index contributed by atoms with van der Waals surface area (Å²) in [6.07, 6.45) is 3.70. The summed E-state index contributed by atoms with van der Waals surface area (Å²) in [4.78, 5) is 22.5. The van der Waals surface area contributed by atoms with Crippen LogP contribution < -0.4 is 0 Å². The van der Waals surface area contributed by atoms with Crippen LogP contribution in [0.5, 0.6) is 0 Å². The monoisotopic (exact) mass is 410 g/mol. The largest absolute Gasteiger partial charge is 0.378 e. The van der Waals surface area contributed by atoms with E-state index in [1.165, 1.54) is 6.42 Å². The smallest absolute Gasteiger partial charge is 0.236 e. The van der Waals surface area contributed by atoms with E-state index >= 15 is 0 Å². The average Bonchev–Trinajstić information content (AvgIpc) is 2.72. The van der Waals surface area contributed by atoms with E-state index in [-0.39, 0.29) is 0 Å². The van der Waals surface area contributed by atoms with Crippen LogP contribution in [0.3, 0.4) is 0 Å². The molecule has 2 fully saturated rings. The number of carbonyl (C=O) groups excluding carboxylic acids is 1. The molecule has 0 aliphatic carbocycles. The second-order valence-electron chi connectivity index (χ2n) is 9.25. The SMILES string of the molecule is CCC(C)OCCCN1CC(C)N(CC(=O)N2CCN(C(C)CC)CC2)C(C)C1. The van der Waals surface area contributed by atoms with Gasteiger partial charge in [0.15, 0.2) is 0 Å². The number of rotatable bonds is 10. The Morgan fingerprint density at radius 1 is 1.00 bits per heavy atom. The summed E-state index contributed by atoms with van der Waals surface area (Å²) in [6.45, 7) is 21.7. The standard InChI is InChI=1S/C23H46N4O2/c1-7-19(3)25-11-13-26(14-12-25)23(28)18-27-20(4)16-24(17-21(27)5)10-9-15-29-22(6)8-2/h19-22H,7-18H2,1-6H3. The maximum atomic E-state index is 12.9. The Bertz CT molecular complexity index is 469. The molecule has 0 aromatic heterocycles. The van der Waals surface area contributed by atoms with Crippen molar-refractivity contribution in [3.05, 3.63) is 0 Å². The van der Waals surface area contributed by atoms with Gasteiger partial charge in [0.2, 0.25) is 5.91 Å². The van der Waals surface area contributed by atoms with Gasteiger partial charge in [-0.2, -0.15) is 0 Å². The zero-order valence-corrected chi connectivity index (χ0v) is 19.9. The summed E-state index contributed by atoms with van der Waals surface area (Å²) in [6, 6.07) is 1.45. The Labute approximate surface area is 179 Å². The zero-order valence-electron chi connectivity index (χ0n) is 19.9. The second kappa shape index (κ2) is 12.2. The van der Waals surface area contributed by atoms with Crippen molar-refractivity contribution in [3.63, 3.8) is 0 Å². The first-order chi connectivity index (χ1) is 13.8. The number of hydrogen-bond donors (Lipinski definition) is 0. The van der Waals surface area contributed by atoms with E-state index in [0.29, 0.717) is 36.7 Å². The van der Waals surface area contributed by atoms with Gasteiger partial charge in [-0.25, -0.2) is 0 Å². The molecular weight excluding hydrogens is 364 g/mol. The summed E-state index contributed by atoms with van der Waals surface area (Å²) in [7, 11) is 0. The summed E-state index contributed by atoms with van der Waals surface area (Å²) >= 11 is 0. The Balaban J connectivity index is 1.73. The first-order valence-electron chi connectivity index (χ1n) is 12.0. The van der Waals surface area contributed by atoms with Crippen LogP contribution in [-0.4, -0.2) is 109 Å². The highest BCUT2D eigenvalue weighted by Gasteiger charge is 2.32. The molecule has 0 spiro atoms. The Hall–Kier alpha value is -0.690. The molecule has 2 aliphatic rings. The van der Waals surface area contributed by atoms with Crippen molar-refractivity contribution in [2.24, 2.45) is 0 Å². The van der Waals surface area contributed by atoms with Crippen LogP contribution in [0.15, 0.2) is 0 Å². The van der Waals surface area contributed by atoms with Gasteiger partial charge < -0.3 is 14.5 Å². The van der Waals surface area contributed by atoms with Crippen molar-refractivity contribution >= 4 is 5.91 Å². The summed E-state index contributed by atoms with van der Waals surface area (Å²) in [5.41, 5.74) is 0. The quantitative estimate of drug-likeness (QED) is 0.518. The van der Waals surface area contributed by atoms with Crippen LogP contribution in [0.25, 0.3) is 0 Å². The summed E-state index contributed by atoms with van der Waals surface area (Å²) in [5.74, 6) is 0.308. The zero-order chi connectivity index (χ0) is 21.4. The van der Waals surface area contributed by atoms with Gasteiger partial charge in [-0.1, -0.05) is 13.8 Å². The lowest BCUT2D eigenvalue weighted by Gasteiger charge is -2.45. The molecule has 4 unspecified atom stereocenters. The Kier molecular flexibility index (Phi) is 10.4. The molecule has 2 heterocycles.